The van der Waals surface area contributed by atoms with Gasteiger partial charge in [-0.2, -0.15) is 9.78 Å². The number of nitrogens with zero attached hydrogens (tertiary/aromatic N) is 4. The highest BCUT2D eigenvalue weighted by Crippen LogP contribution is 2.35. The van der Waals surface area contributed by atoms with Crippen LogP contribution in [0.1, 0.15) is 16.7 Å². The Morgan fingerprint density at radius 2 is 1.55 bits per heavy atom. The molecule has 2 N–H and O–H groups in total. The van der Waals surface area contributed by atoms with Gasteiger partial charge < -0.3 is 5.73 Å². The number of sulfone groups is 1. The highest BCUT2D eigenvalue weighted by atomic mass is 32.2. The lowest BCUT2D eigenvalue weighted by molar-refractivity contribution is 0.597. The predicted molar refractivity (Wildman–Crippen MR) is 130 cm³/mol. The minimum atomic E-state index is -3.99. The Morgan fingerprint density at radius 1 is 0.879 bits per heavy atom. The molecule has 0 fully saturated rings. The number of hydrogen-bond acceptors (Lipinski definition) is 6. The van der Waals surface area contributed by atoms with Crippen LogP contribution in [0.4, 0.5) is 5.82 Å². The Balaban J connectivity index is 1.81. The average molecular weight is 456 g/mol. The van der Waals surface area contributed by atoms with Crippen LogP contribution in [0.2, 0.25) is 0 Å². The molecule has 8 heteroatoms. The summed E-state index contributed by atoms with van der Waals surface area (Å²) in [4.78, 5) is 9.34. The first-order valence-corrected chi connectivity index (χ1v) is 11.8. The van der Waals surface area contributed by atoms with E-state index in [9.17, 15) is 8.42 Å². The Hall–Kier alpha value is -4.04. The number of aromatic nitrogens is 3. The van der Waals surface area contributed by atoms with Crippen LogP contribution in [0.15, 0.2) is 87.7 Å². The predicted octanol–water partition coefficient (Wildman–Crippen LogP) is 4.50. The van der Waals surface area contributed by atoms with Crippen molar-refractivity contribution in [1.29, 1.82) is 0 Å². The van der Waals surface area contributed by atoms with E-state index in [-0.39, 0.29) is 26.8 Å². The van der Waals surface area contributed by atoms with Gasteiger partial charge in [-0.3, -0.25) is 0 Å². The van der Waals surface area contributed by atoms with Crippen molar-refractivity contribution in [2.75, 3.05) is 5.73 Å². The third kappa shape index (κ3) is 3.54. The maximum Gasteiger partial charge on any atom is 0.212 e. The number of hydrogen-bond donors (Lipinski definition) is 1. The van der Waals surface area contributed by atoms with Crippen molar-refractivity contribution in [3.8, 4) is 0 Å². The van der Waals surface area contributed by atoms with E-state index in [1.54, 1.807) is 30.5 Å². The topological polar surface area (TPSA) is 103 Å². The van der Waals surface area contributed by atoms with Gasteiger partial charge in [0.05, 0.1) is 22.1 Å². The van der Waals surface area contributed by atoms with E-state index in [0.29, 0.717) is 11.0 Å². The van der Waals surface area contributed by atoms with Crippen molar-refractivity contribution < 1.29 is 8.42 Å². The normalized spacial score (nSPS) is 12.2. The zero-order valence-corrected chi connectivity index (χ0v) is 18.9. The number of nitrogens with two attached hydrogens (primary N) is 1. The lowest BCUT2D eigenvalue weighted by Gasteiger charge is -2.07. The van der Waals surface area contributed by atoms with Crippen molar-refractivity contribution in [2.24, 2.45) is 5.10 Å². The van der Waals surface area contributed by atoms with Crippen molar-refractivity contribution >= 4 is 44.1 Å². The molecule has 0 aliphatic heterocycles. The molecule has 0 saturated heterocycles. The first-order valence-electron chi connectivity index (χ1n) is 10.3. The second-order valence-electron chi connectivity index (χ2n) is 7.82. The molecule has 3 aromatic carbocycles. The fourth-order valence-electron chi connectivity index (χ4n) is 3.67. The fourth-order valence-corrected chi connectivity index (χ4v) is 5.23. The summed E-state index contributed by atoms with van der Waals surface area (Å²) < 4.78 is 28.8. The molecule has 0 amide bonds. The summed E-state index contributed by atoms with van der Waals surface area (Å²) >= 11 is 0. The monoisotopic (exact) mass is 455 g/mol. The van der Waals surface area contributed by atoms with Crippen LogP contribution in [-0.4, -0.2) is 29.3 Å². The molecule has 2 aromatic heterocycles. The highest BCUT2D eigenvalue weighted by Gasteiger charge is 2.30. The van der Waals surface area contributed by atoms with Crippen LogP contribution < -0.4 is 5.73 Å². The molecule has 0 bridgehead atoms. The van der Waals surface area contributed by atoms with Gasteiger partial charge in [0.2, 0.25) is 9.84 Å². The van der Waals surface area contributed by atoms with Crippen LogP contribution in [0.5, 0.6) is 0 Å². The number of nitrogen functional groups attached to an aromatic ring is 1. The van der Waals surface area contributed by atoms with Crippen molar-refractivity contribution in [1.82, 2.24) is 14.6 Å². The molecule has 0 spiro atoms. The van der Waals surface area contributed by atoms with E-state index in [0.717, 1.165) is 16.7 Å². The Labute approximate surface area is 191 Å². The molecular weight excluding hydrogens is 434 g/mol. The maximum atomic E-state index is 13.7. The molecule has 0 unspecified atom stereocenters. The second-order valence-corrected chi connectivity index (χ2v) is 9.70. The number of fused-ring (bicyclic) bond motifs is 2. The summed E-state index contributed by atoms with van der Waals surface area (Å²) in [6.45, 7) is 3.81. The summed E-state index contributed by atoms with van der Waals surface area (Å²) in [7, 11) is -3.99. The first-order chi connectivity index (χ1) is 15.9. The summed E-state index contributed by atoms with van der Waals surface area (Å²) in [5.41, 5.74) is 10.8. The number of para-hydroxylation sites is 2. The molecule has 2 heterocycles. The second kappa shape index (κ2) is 7.83. The van der Waals surface area contributed by atoms with Gasteiger partial charge in [0.15, 0.2) is 5.65 Å². The smallest absolute Gasteiger partial charge is 0.212 e. The quantitative estimate of drug-likeness (QED) is 0.402. The number of rotatable bonds is 4. The van der Waals surface area contributed by atoms with Gasteiger partial charge in [0, 0.05) is 0 Å². The van der Waals surface area contributed by atoms with E-state index in [1.165, 1.54) is 4.68 Å². The number of benzene rings is 3. The minimum Gasteiger partial charge on any atom is -0.382 e. The molecule has 33 heavy (non-hydrogen) atoms. The number of aryl methyl sites for hydroxylation is 2. The molecule has 0 atom stereocenters. The van der Waals surface area contributed by atoms with Crippen molar-refractivity contribution in [3.05, 3.63) is 89.5 Å². The molecule has 0 aliphatic rings. The third-order valence-electron chi connectivity index (χ3n) is 5.61. The van der Waals surface area contributed by atoms with Gasteiger partial charge in [0.1, 0.15) is 16.2 Å². The van der Waals surface area contributed by atoms with E-state index in [2.05, 4.69) is 15.1 Å². The zero-order chi connectivity index (χ0) is 23.2. The Morgan fingerprint density at radius 3 is 2.24 bits per heavy atom. The standard InChI is InChI=1S/C25H21N5O2S/c1-16-12-13-19(14-17(16)2)33(31,32)23-22-25(29-21-11-7-6-10-20(21)28-22)30(24(23)26)27-15-18-8-4-3-5-9-18/h3-15H,26H2,1-2H3/b27-15-. The molecule has 0 aliphatic carbocycles. The Kier molecular flexibility index (Phi) is 4.94. The average Bonchev–Trinajstić information content (AvgIpc) is 3.09. The molecule has 5 aromatic rings. The minimum absolute atomic E-state index is 0.0364. The fraction of sp³-hybridized carbons (Fsp3) is 0.0800. The largest absolute Gasteiger partial charge is 0.382 e. The van der Waals surface area contributed by atoms with Crippen LogP contribution in [0.25, 0.3) is 22.2 Å². The molecular formula is C25H21N5O2S. The van der Waals surface area contributed by atoms with Crippen LogP contribution >= 0.6 is 0 Å². The van der Waals surface area contributed by atoms with Gasteiger partial charge in [-0.25, -0.2) is 18.4 Å². The lowest BCUT2D eigenvalue weighted by Crippen LogP contribution is -2.07. The van der Waals surface area contributed by atoms with Gasteiger partial charge in [-0.15, -0.1) is 0 Å². The van der Waals surface area contributed by atoms with Gasteiger partial charge >= 0.3 is 0 Å². The van der Waals surface area contributed by atoms with E-state index >= 15 is 0 Å². The molecule has 0 radical (unpaired) electrons. The molecule has 0 saturated carbocycles. The number of anilines is 1. The summed E-state index contributed by atoms with van der Waals surface area (Å²) in [5, 5.41) is 4.47. The Bertz CT molecular complexity index is 1660. The van der Waals surface area contributed by atoms with Crippen LogP contribution in [-0.2, 0) is 9.84 Å². The van der Waals surface area contributed by atoms with Crippen LogP contribution in [0, 0.1) is 13.8 Å². The van der Waals surface area contributed by atoms with E-state index in [4.69, 9.17) is 5.73 Å². The van der Waals surface area contributed by atoms with Crippen molar-refractivity contribution in [3.63, 3.8) is 0 Å². The third-order valence-corrected chi connectivity index (χ3v) is 7.42. The van der Waals surface area contributed by atoms with Crippen LogP contribution in [0.3, 0.4) is 0 Å². The molecule has 7 nitrogen and oxygen atoms in total. The van der Waals surface area contributed by atoms with Gasteiger partial charge in [-0.05, 0) is 54.8 Å². The lowest BCUT2D eigenvalue weighted by atomic mass is 10.1. The first kappa shape index (κ1) is 20.8. The summed E-state index contributed by atoms with van der Waals surface area (Å²) in [6.07, 6.45) is 1.61. The highest BCUT2D eigenvalue weighted by molar-refractivity contribution is 7.92. The summed E-state index contributed by atoms with van der Waals surface area (Å²) in [6, 6.07) is 21.8. The van der Waals surface area contributed by atoms with E-state index in [1.807, 2.05) is 62.4 Å². The van der Waals surface area contributed by atoms with E-state index < -0.39 is 9.84 Å². The summed E-state index contributed by atoms with van der Waals surface area (Å²) in [5.74, 6) is -0.0364. The van der Waals surface area contributed by atoms with Crippen molar-refractivity contribution in [2.45, 2.75) is 23.6 Å². The van der Waals surface area contributed by atoms with Gasteiger partial charge in [-0.1, -0.05) is 48.5 Å². The maximum absolute atomic E-state index is 13.7. The molecule has 164 valence electrons. The molecule has 5 rings (SSSR count). The zero-order valence-electron chi connectivity index (χ0n) is 18.1. The SMILES string of the molecule is Cc1ccc(S(=O)(=O)c2c(N)n(/N=C\c3ccccc3)c3nc4ccccc4nc23)cc1C. The van der Waals surface area contributed by atoms with Gasteiger partial charge in [0.25, 0.3) is 0 Å².